The lowest BCUT2D eigenvalue weighted by Gasteiger charge is -2.28. The maximum Gasteiger partial charge on any atom is 0.410 e. The van der Waals surface area contributed by atoms with Crippen LogP contribution in [0.1, 0.15) is 205 Å². The van der Waals surface area contributed by atoms with Gasteiger partial charge in [-0.05, 0) is 135 Å². The first kappa shape index (κ1) is 57.0. The Morgan fingerprint density at radius 3 is 0.850 bits per heavy atom. The Bertz CT molecular complexity index is 1160. The second kappa shape index (κ2) is 31.0. The van der Waals surface area contributed by atoms with Crippen LogP contribution in [0.15, 0.2) is 0 Å². The zero-order valence-electron chi connectivity index (χ0n) is 40.8. The SMILES string of the molecule is CC(C)(C)OC(=O)NCCCCCCN(CCCCCCCCCCCCN(CCCCCCN(CCCN)C(=O)OC(C)(C)C)C(=O)OC(C)(C)C)C(=O)OC(C)(C)C. The molecule has 0 aliphatic carbocycles. The average molecular weight is 856 g/mol. The molecule has 0 rings (SSSR count). The first-order valence-electron chi connectivity index (χ1n) is 23.5. The quantitative estimate of drug-likeness (QED) is 0.0531. The summed E-state index contributed by atoms with van der Waals surface area (Å²) in [6.07, 6.45) is 18.3. The Morgan fingerprint density at radius 2 is 0.600 bits per heavy atom. The van der Waals surface area contributed by atoms with Crippen LogP contribution >= 0.6 is 0 Å². The smallest absolute Gasteiger partial charge is 0.410 e. The molecular formula is C47H93N5O8. The van der Waals surface area contributed by atoms with Crippen molar-refractivity contribution in [1.82, 2.24) is 20.0 Å². The fourth-order valence-corrected chi connectivity index (χ4v) is 6.41. The number of rotatable bonds is 30. The number of hydrogen-bond acceptors (Lipinski definition) is 9. The van der Waals surface area contributed by atoms with Gasteiger partial charge in [-0.3, -0.25) is 0 Å². The van der Waals surface area contributed by atoms with Gasteiger partial charge in [-0.1, -0.05) is 77.0 Å². The summed E-state index contributed by atoms with van der Waals surface area (Å²) in [7, 11) is 0. The molecule has 0 radical (unpaired) electrons. The van der Waals surface area contributed by atoms with E-state index in [0.717, 1.165) is 96.3 Å². The molecule has 0 fully saturated rings. The van der Waals surface area contributed by atoms with E-state index in [9.17, 15) is 19.2 Å². The topological polar surface area (TPSA) is 153 Å². The van der Waals surface area contributed by atoms with Crippen LogP contribution in [0.5, 0.6) is 0 Å². The molecule has 0 aliphatic rings. The second-order valence-electron chi connectivity index (χ2n) is 20.3. The fourth-order valence-electron chi connectivity index (χ4n) is 6.41. The molecule has 3 N–H and O–H groups in total. The van der Waals surface area contributed by atoms with Crippen molar-refractivity contribution >= 4 is 24.4 Å². The molecule has 0 aromatic heterocycles. The lowest BCUT2D eigenvalue weighted by molar-refractivity contribution is 0.0227. The molecular weight excluding hydrogens is 763 g/mol. The fraction of sp³-hybridized carbons (Fsp3) is 0.915. The molecule has 0 saturated carbocycles. The number of ether oxygens (including phenoxy) is 4. The van der Waals surface area contributed by atoms with Crippen LogP contribution in [0.25, 0.3) is 0 Å². The van der Waals surface area contributed by atoms with E-state index in [-0.39, 0.29) is 24.4 Å². The summed E-state index contributed by atoms with van der Waals surface area (Å²) in [5.41, 5.74) is 3.60. The minimum absolute atomic E-state index is 0.238. The van der Waals surface area contributed by atoms with Gasteiger partial charge >= 0.3 is 24.4 Å². The molecule has 0 unspecified atom stereocenters. The first-order valence-corrected chi connectivity index (χ1v) is 23.5. The van der Waals surface area contributed by atoms with Crippen LogP contribution < -0.4 is 11.1 Å². The maximum absolute atomic E-state index is 13.0. The van der Waals surface area contributed by atoms with E-state index in [0.29, 0.717) is 52.4 Å². The molecule has 0 heterocycles. The normalized spacial score (nSPS) is 12.2. The Balaban J connectivity index is 4.44. The van der Waals surface area contributed by atoms with Crippen molar-refractivity contribution in [2.75, 3.05) is 52.4 Å². The molecule has 13 nitrogen and oxygen atoms in total. The second-order valence-corrected chi connectivity index (χ2v) is 20.3. The summed E-state index contributed by atoms with van der Waals surface area (Å²) >= 11 is 0. The molecule has 0 aliphatic heterocycles. The van der Waals surface area contributed by atoms with Crippen LogP contribution in [0.3, 0.4) is 0 Å². The Labute approximate surface area is 367 Å². The van der Waals surface area contributed by atoms with E-state index < -0.39 is 22.4 Å². The number of unbranched alkanes of at least 4 members (excludes halogenated alkanes) is 15. The van der Waals surface area contributed by atoms with Crippen LogP contribution in [-0.4, -0.2) is 114 Å². The van der Waals surface area contributed by atoms with Crippen molar-refractivity contribution in [1.29, 1.82) is 0 Å². The zero-order chi connectivity index (χ0) is 45.7. The largest absolute Gasteiger partial charge is 0.444 e. The van der Waals surface area contributed by atoms with Gasteiger partial charge in [0.2, 0.25) is 0 Å². The Morgan fingerprint density at radius 1 is 0.367 bits per heavy atom. The molecule has 4 amide bonds. The molecule has 0 bridgehead atoms. The number of amides is 4. The third-order valence-electron chi connectivity index (χ3n) is 9.32. The van der Waals surface area contributed by atoms with Gasteiger partial charge in [-0.25, -0.2) is 19.2 Å². The predicted octanol–water partition coefficient (Wildman–Crippen LogP) is 11.6. The summed E-state index contributed by atoms with van der Waals surface area (Å²) < 4.78 is 22.3. The maximum atomic E-state index is 13.0. The van der Waals surface area contributed by atoms with Crippen LogP contribution in [0.4, 0.5) is 19.2 Å². The van der Waals surface area contributed by atoms with Gasteiger partial charge in [0.15, 0.2) is 0 Å². The molecule has 60 heavy (non-hydrogen) atoms. The third-order valence-corrected chi connectivity index (χ3v) is 9.32. The number of hydrogen-bond donors (Lipinski definition) is 2. The van der Waals surface area contributed by atoms with Crippen LogP contribution in [-0.2, 0) is 18.9 Å². The van der Waals surface area contributed by atoms with Crippen molar-refractivity contribution in [3.63, 3.8) is 0 Å². The first-order chi connectivity index (χ1) is 27.9. The predicted molar refractivity (Wildman–Crippen MR) is 244 cm³/mol. The van der Waals surface area contributed by atoms with Gasteiger partial charge < -0.3 is 44.7 Å². The van der Waals surface area contributed by atoms with E-state index >= 15 is 0 Å². The highest BCUT2D eigenvalue weighted by atomic mass is 16.6. The lowest BCUT2D eigenvalue weighted by Crippen LogP contribution is -2.38. The van der Waals surface area contributed by atoms with Crippen molar-refractivity contribution in [2.24, 2.45) is 5.73 Å². The minimum Gasteiger partial charge on any atom is -0.444 e. The van der Waals surface area contributed by atoms with Crippen molar-refractivity contribution in [2.45, 2.75) is 227 Å². The van der Waals surface area contributed by atoms with Crippen molar-refractivity contribution in [3.05, 3.63) is 0 Å². The average Bonchev–Trinajstić information content (AvgIpc) is 3.09. The third kappa shape index (κ3) is 35.8. The molecule has 354 valence electrons. The summed E-state index contributed by atoms with van der Waals surface area (Å²) in [6.45, 7) is 27.7. The van der Waals surface area contributed by atoms with E-state index in [1.54, 1.807) is 4.90 Å². The van der Waals surface area contributed by atoms with E-state index in [4.69, 9.17) is 24.7 Å². The highest BCUT2D eigenvalue weighted by molar-refractivity contribution is 5.69. The number of carbonyl (C=O) groups excluding carboxylic acids is 4. The summed E-state index contributed by atoms with van der Waals surface area (Å²) in [6, 6.07) is 0. The van der Waals surface area contributed by atoms with Crippen LogP contribution in [0, 0.1) is 0 Å². The Hall–Kier alpha value is -2.96. The standard InChI is InChI=1S/C47H93N5O8/c1-44(2,3)57-40(53)49-33-25-19-22-28-36-50(41(54)58-45(4,5)6)34-26-20-17-15-13-14-16-18-21-27-35-51(42(55)59-46(7,8)9)37-29-23-24-30-38-52(39-31-32-48)43(56)60-47(10,11)12/h13-39,48H2,1-12H3,(H,49,53). The molecule has 13 heteroatoms. The van der Waals surface area contributed by atoms with Gasteiger partial charge in [-0.15, -0.1) is 0 Å². The van der Waals surface area contributed by atoms with Crippen molar-refractivity contribution < 1.29 is 38.1 Å². The Kier molecular flexibility index (Phi) is 29.4. The lowest BCUT2D eigenvalue weighted by atomic mass is 10.1. The van der Waals surface area contributed by atoms with Crippen LogP contribution in [0.2, 0.25) is 0 Å². The number of nitrogens with one attached hydrogen (secondary N) is 1. The number of nitrogens with two attached hydrogens (primary N) is 1. The molecule has 0 atom stereocenters. The molecule has 0 spiro atoms. The van der Waals surface area contributed by atoms with E-state index in [2.05, 4.69) is 5.32 Å². The number of carbonyl (C=O) groups is 4. The van der Waals surface area contributed by atoms with Gasteiger partial charge in [0.1, 0.15) is 22.4 Å². The monoisotopic (exact) mass is 856 g/mol. The zero-order valence-corrected chi connectivity index (χ0v) is 40.8. The van der Waals surface area contributed by atoms with Gasteiger partial charge in [0.25, 0.3) is 0 Å². The van der Waals surface area contributed by atoms with Gasteiger partial charge in [0, 0.05) is 45.8 Å². The summed E-state index contributed by atoms with van der Waals surface area (Å²) in [5.74, 6) is 0. The highest BCUT2D eigenvalue weighted by Crippen LogP contribution is 2.17. The van der Waals surface area contributed by atoms with E-state index in [1.165, 1.54) is 25.7 Å². The summed E-state index contributed by atoms with van der Waals surface area (Å²) in [5, 5.41) is 2.81. The molecule has 0 saturated heterocycles. The van der Waals surface area contributed by atoms with Gasteiger partial charge in [-0.2, -0.15) is 0 Å². The minimum atomic E-state index is -0.535. The summed E-state index contributed by atoms with van der Waals surface area (Å²) in [4.78, 5) is 55.9. The van der Waals surface area contributed by atoms with Crippen molar-refractivity contribution in [3.8, 4) is 0 Å². The molecule has 0 aromatic carbocycles. The van der Waals surface area contributed by atoms with Gasteiger partial charge in [0.05, 0.1) is 0 Å². The van der Waals surface area contributed by atoms with E-state index in [1.807, 2.05) is 92.9 Å². The number of alkyl carbamates (subject to hydrolysis) is 1. The number of nitrogens with zero attached hydrogens (tertiary/aromatic N) is 3. The molecule has 0 aromatic rings. The highest BCUT2D eigenvalue weighted by Gasteiger charge is 2.24.